The van der Waals surface area contributed by atoms with Crippen molar-refractivity contribution in [3.63, 3.8) is 0 Å². The van der Waals surface area contributed by atoms with Gasteiger partial charge in [-0.1, -0.05) is 29.3 Å². The lowest BCUT2D eigenvalue weighted by Crippen LogP contribution is -2.33. The molecule has 0 fully saturated rings. The highest BCUT2D eigenvalue weighted by atomic mass is 127. The van der Waals surface area contributed by atoms with Crippen molar-refractivity contribution >= 4 is 80.3 Å². The van der Waals surface area contributed by atoms with Crippen LogP contribution in [0.4, 0.5) is 0 Å². The molecule has 0 heterocycles. The molecule has 0 aliphatic rings. The summed E-state index contributed by atoms with van der Waals surface area (Å²) >= 11 is 16.5. The summed E-state index contributed by atoms with van der Waals surface area (Å²) in [5.74, 6) is -1.29. The van der Waals surface area contributed by atoms with Gasteiger partial charge in [-0.15, -0.1) is 0 Å². The molecular formula is C21H21Cl2I2NO5. The largest absolute Gasteiger partial charge is 0.487 e. The number of esters is 1. The van der Waals surface area contributed by atoms with Crippen LogP contribution in [-0.2, 0) is 22.6 Å². The van der Waals surface area contributed by atoms with Gasteiger partial charge in [0.15, 0.2) is 0 Å². The van der Waals surface area contributed by atoms with E-state index < -0.39 is 23.6 Å². The van der Waals surface area contributed by atoms with Crippen molar-refractivity contribution in [2.45, 2.75) is 45.4 Å². The van der Waals surface area contributed by atoms with Gasteiger partial charge in [0, 0.05) is 15.6 Å². The molecule has 0 spiro atoms. The van der Waals surface area contributed by atoms with Crippen LogP contribution in [-0.4, -0.2) is 28.7 Å². The maximum absolute atomic E-state index is 13.0. The molecule has 2 rings (SSSR count). The van der Waals surface area contributed by atoms with Gasteiger partial charge in [0.05, 0.1) is 12.7 Å². The molecule has 2 aromatic carbocycles. The molecule has 1 unspecified atom stereocenters. The number of carboxylic acid groups (broad SMARTS) is 1. The summed E-state index contributed by atoms with van der Waals surface area (Å²) in [6, 6.07) is 5.69. The molecule has 0 saturated heterocycles. The number of aliphatic carboxylic acids is 1. The molecule has 0 saturated carbocycles. The number of halogens is 4. The summed E-state index contributed by atoms with van der Waals surface area (Å²) in [5, 5.41) is 10.2. The van der Waals surface area contributed by atoms with Gasteiger partial charge < -0.3 is 20.3 Å². The first-order valence-corrected chi connectivity index (χ1v) is 12.0. The Labute approximate surface area is 218 Å². The number of carboxylic acids is 1. The van der Waals surface area contributed by atoms with Crippen molar-refractivity contribution in [2.24, 2.45) is 5.73 Å². The minimum atomic E-state index is -1.17. The van der Waals surface area contributed by atoms with E-state index in [1.807, 2.05) is 22.6 Å². The number of hydrogen-bond donors (Lipinski definition) is 2. The Morgan fingerprint density at radius 2 is 1.77 bits per heavy atom. The standard InChI is InChI=1S/C21H21Cl2I2NO5/c1-21(2,3)31-20(29)16-10(8-15(26)19(27)28)7-14(24)18(17(16)25)30-9-11-12(22)5-4-6-13(11)23/h4-7,15H,8-9,26H2,1-3H3,(H,27,28). The molecule has 10 heteroatoms. The predicted molar refractivity (Wildman–Crippen MR) is 137 cm³/mol. The fourth-order valence-electron chi connectivity index (χ4n) is 2.63. The Morgan fingerprint density at radius 1 is 1.19 bits per heavy atom. The fraction of sp³-hybridized carbons (Fsp3) is 0.333. The third-order valence-corrected chi connectivity index (χ3v) is 6.58. The Bertz CT molecular complexity index is 988. The first kappa shape index (κ1) is 26.4. The normalized spacial score (nSPS) is 12.4. The van der Waals surface area contributed by atoms with Gasteiger partial charge in [0.1, 0.15) is 24.0 Å². The van der Waals surface area contributed by atoms with Crippen LogP contribution in [0.5, 0.6) is 5.75 Å². The molecule has 1 atom stereocenters. The van der Waals surface area contributed by atoms with Gasteiger partial charge in [-0.3, -0.25) is 4.79 Å². The van der Waals surface area contributed by atoms with Gasteiger partial charge in [-0.25, -0.2) is 4.79 Å². The van der Waals surface area contributed by atoms with Crippen LogP contribution in [0.3, 0.4) is 0 Å². The number of benzene rings is 2. The molecule has 0 aliphatic carbocycles. The molecule has 0 amide bonds. The van der Waals surface area contributed by atoms with Crippen molar-refractivity contribution in [3.05, 3.63) is 58.1 Å². The molecular weight excluding hydrogens is 671 g/mol. The SMILES string of the molecule is CC(C)(C)OC(=O)c1c(CC(N)C(=O)O)cc(I)c(OCc2c(Cl)cccc2Cl)c1I. The van der Waals surface area contributed by atoms with Crippen LogP contribution in [0.25, 0.3) is 0 Å². The lowest BCUT2D eigenvalue weighted by molar-refractivity contribution is -0.138. The fourth-order valence-corrected chi connectivity index (χ4v) is 5.47. The number of rotatable bonds is 7. The van der Waals surface area contributed by atoms with Crippen LogP contribution in [0.2, 0.25) is 10.0 Å². The van der Waals surface area contributed by atoms with E-state index in [1.54, 1.807) is 45.0 Å². The van der Waals surface area contributed by atoms with E-state index in [1.165, 1.54) is 0 Å². The minimum Gasteiger partial charge on any atom is -0.487 e. The second-order valence-electron chi connectivity index (χ2n) is 7.68. The Morgan fingerprint density at radius 3 is 2.29 bits per heavy atom. The zero-order valence-corrected chi connectivity index (χ0v) is 22.8. The van der Waals surface area contributed by atoms with E-state index in [-0.39, 0.29) is 18.6 Å². The van der Waals surface area contributed by atoms with E-state index in [0.717, 1.165) is 0 Å². The van der Waals surface area contributed by atoms with E-state index in [9.17, 15) is 14.7 Å². The summed E-state index contributed by atoms with van der Waals surface area (Å²) in [6.07, 6.45) is -0.0352. The molecule has 168 valence electrons. The minimum absolute atomic E-state index is 0.0352. The number of nitrogens with two attached hydrogens (primary N) is 1. The first-order chi connectivity index (χ1) is 14.3. The molecule has 0 bridgehead atoms. The number of ether oxygens (including phenoxy) is 2. The number of carbonyl (C=O) groups is 2. The topological polar surface area (TPSA) is 98.9 Å². The van der Waals surface area contributed by atoms with Crippen molar-refractivity contribution < 1.29 is 24.2 Å². The molecule has 6 nitrogen and oxygen atoms in total. The summed E-state index contributed by atoms with van der Waals surface area (Å²) < 4.78 is 12.7. The average Bonchev–Trinajstić information content (AvgIpc) is 2.61. The monoisotopic (exact) mass is 691 g/mol. The summed E-state index contributed by atoms with van der Waals surface area (Å²) in [7, 11) is 0. The summed E-state index contributed by atoms with van der Waals surface area (Å²) in [6.45, 7) is 5.35. The summed E-state index contributed by atoms with van der Waals surface area (Å²) in [5.41, 5.74) is 6.32. The van der Waals surface area contributed by atoms with Crippen molar-refractivity contribution in [2.75, 3.05) is 0 Å². The lowest BCUT2D eigenvalue weighted by atomic mass is 10.00. The van der Waals surface area contributed by atoms with Crippen molar-refractivity contribution in [1.82, 2.24) is 0 Å². The zero-order chi connectivity index (χ0) is 23.5. The van der Waals surface area contributed by atoms with Gasteiger partial charge in [0.25, 0.3) is 0 Å². The van der Waals surface area contributed by atoms with Gasteiger partial charge >= 0.3 is 11.9 Å². The third-order valence-electron chi connectivity index (χ3n) is 4.04. The van der Waals surface area contributed by atoms with Crippen LogP contribution < -0.4 is 10.5 Å². The second-order valence-corrected chi connectivity index (χ2v) is 10.7. The Kier molecular flexibility index (Phi) is 9.26. The van der Waals surface area contributed by atoms with Gasteiger partial charge in [-0.2, -0.15) is 0 Å². The quantitative estimate of drug-likeness (QED) is 0.286. The molecule has 0 radical (unpaired) electrons. The molecule has 31 heavy (non-hydrogen) atoms. The van der Waals surface area contributed by atoms with Gasteiger partial charge in [-0.05, 0) is 96.1 Å². The van der Waals surface area contributed by atoms with Gasteiger partial charge in [0.2, 0.25) is 0 Å². The molecule has 3 N–H and O–H groups in total. The van der Waals surface area contributed by atoms with Crippen LogP contribution in [0, 0.1) is 7.14 Å². The lowest BCUT2D eigenvalue weighted by Gasteiger charge is -2.23. The molecule has 0 aliphatic heterocycles. The third kappa shape index (κ3) is 7.08. The Hall–Kier alpha value is -0.820. The molecule has 0 aromatic heterocycles. The van der Waals surface area contributed by atoms with Crippen LogP contribution >= 0.6 is 68.4 Å². The maximum Gasteiger partial charge on any atom is 0.340 e. The smallest absolute Gasteiger partial charge is 0.340 e. The highest BCUT2D eigenvalue weighted by Gasteiger charge is 2.28. The maximum atomic E-state index is 13.0. The highest BCUT2D eigenvalue weighted by Crippen LogP contribution is 2.36. The first-order valence-electron chi connectivity index (χ1n) is 9.10. The van der Waals surface area contributed by atoms with E-state index >= 15 is 0 Å². The second kappa shape index (κ2) is 10.9. The zero-order valence-electron chi connectivity index (χ0n) is 17.0. The van der Waals surface area contributed by atoms with Crippen LogP contribution in [0.1, 0.15) is 42.3 Å². The molecule has 2 aromatic rings. The predicted octanol–water partition coefficient (Wildman–Crippen LogP) is 5.69. The van der Waals surface area contributed by atoms with E-state index in [4.69, 9.17) is 38.4 Å². The average molecular weight is 692 g/mol. The Balaban J connectivity index is 2.51. The van der Waals surface area contributed by atoms with E-state index in [2.05, 4.69) is 22.6 Å². The highest BCUT2D eigenvalue weighted by molar-refractivity contribution is 14.1. The van der Waals surface area contributed by atoms with E-state index in [0.29, 0.717) is 34.1 Å². The number of hydrogen-bond acceptors (Lipinski definition) is 5. The van der Waals surface area contributed by atoms with Crippen molar-refractivity contribution in [1.29, 1.82) is 0 Å². The van der Waals surface area contributed by atoms with Crippen LogP contribution in [0.15, 0.2) is 24.3 Å². The summed E-state index contributed by atoms with van der Waals surface area (Å²) in [4.78, 5) is 24.3. The number of carbonyl (C=O) groups excluding carboxylic acids is 1. The van der Waals surface area contributed by atoms with Crippen molar-refractivity contribution in [3.8, 4) is 5.75 Å².